The first-order valence-corrected chi connectivity index (χ1v) is 51.6. The average molecular weight is 1890 g/mol. The van der Waals surface area contributed by atoms with E-state index in [1.807, 2.05) is 11.3 Å². The Hall–Kier alpha value is -18.5. The smallest absolute Gasteiger partial charge is 0.138 e. The van der Waals surface area contributed by atoms with Crippen LogP contribution in [-0.2, 0) is 16.2 Å². The van der Waals surface area contributed by atoms with E-state index in [4.69, 9.17) is 23.8 Å². The van der Waals surface area contributed by atoms with Crippen molar-refractivity contribution in [3.8, 4) is 101 Å². The van der Waals surface area contributed by atoms with Crippen molar-refractivity contribution in [3.05, 3.63) is 541 Å². The van der Waals surface area contributed by atoms with Crippen molar-refractivity contribution >= 4 is 157 Å². The molecule has 147 heavy (non-hydrogen) atoms. The Labute approximate surface area is 851 Å². The molecule has 0 bridgehead atoms. The van der Waals surface area contributed by atoms with Gasteiger partial charge in [0.15, 0.2) is 0 Å². The number of aromatic nitrogens is 3. The van der Waals surface area contributed by atoms with E-state index in [0.717, 1.165) is 133 Å². The lowest BCUT2D eigenvalue weighted by molar-refractivity contribution is 0.631. The molecular weight excluding hydrogens is 1800 g/mol. The summed E-state index contributed by atoms with van der Waals surface area (Å²) in [6.45, 7) is 4.63. The van der Waals surface area contributed by atoms with Crippen LogP contribution < -0.4 is 4.90 Å². The van der Waals surface area contributed by atoms with Crippen LogP contribution >= 0.6 is 11.3 Å². The summed E-state index contributed by atoms with van der Waals surface area (Å²) in [7, 11) is 0. The van der Waals surface area contributed by atoms with Crippen molar-refractivity contribution < 1.29 is 8.83 Å². The molecule has 28 aromatic rings. The van der Waals surface area contributed by atoms with Gasteiger partial charge in [-0.15, -0.1) is 11.3 Å². The van der Waals surface area contributed by atoms with Gasteiger partial charge in [-0.1, -0.05) is 414 Å². The van der Waals surface area contributed by atoms with Gasteiger partial charge in [0, 0.05) is 74.6 Å². The van der Waals surface area contributed by atoms with Gasteiger partial charge in [-0.2, -0.15) is 0 Å². The van der Waals surface area contributed by atoms with Gasteiger partial charge >= 0.3 is 0 Å². The quantitative estimate of drug-likeness (QED) is 0.165. The molecule has 0 fully saturated rings. The number of benzene rings is 22. The summed E-state index contributed by atoms with van der Waals surface area (Å²) >= 11 is 1.86. The Bertz CT molecular complexity index is 10400. The standard InChI is InChI=1S/C50H29NO.C50H29NS.C40H28N2O/c1-2-13-30(14-3-1)38-29-43(51-49-35(38)26-28-45-48(49)47-32-16-5-4-15-31(32)25-27-44(47)52-45)37-20-12-24-42-46(37)36-19-8-11-23-41(36)50(42)39-21-9-6-17-33(39)34-18-7-10-22-40(34)50;1-2-12-30(13-3-1)38-29-44(51-49-37(38)24-27-46-48(49)47-33-15-5-4-14-31(33)23-26-45(47)52-46)32-22-25-43-39(28-32)36-18-8-11-21-42(36)50(43)40-19-9-6-16-34(40)35-17-7-10-20-41(35)50;1-40(2)30-16-8-10-18-32(30)42(33-19-11-9-17-31(33)40)36-24-29-28(39(41-36)26-13-4-3-5-14-26)21-23-35-38(29)37-27-15-7-6-12-25(27)20-22-34(37)43-35/h2*1-29H;3-24H,1-2H3. The van der Waals surface area contributed by atoms with E-state index in [2.05, 4.69) is 504 Å². The molecule has 0 amide bonds. The molecule has 22 aromatic carbocycles. The summed E-state index contributed by atoms with van der Waals surface area (Å²) in [6, 6.07) is 177. The number of fused-ring (bicyclic) bond motifs is 43. The Balaban J connectivity index is 0.000000100. The topological polar surface area (TPSA) is 68.2 Å². The lowest BCUT2D eigenvalue weighted by Crippen LogP contribution is -2.30. The average Bonchev–Trinajstić information content (AvgIpc) is 1.51. The van der Waals surface area contributed by atoms with Crippen molar-refractivity contribution in [1.82, 2.24) is 15.0 Å². The van der Waals surface area contributed by atoms with Gasteiger partial charge in [0.05, 0.1) is 55.7 Å². The Morgan fingerprint density at radius 2 is 0.585 bits per heavy atom. The third-order valence-corrected chi connectivity index (χ3v) is 33.7. The number of furan rings is 2. The molecule has 0 saturated carbocycles. The fourth-order valence-corrected chi connectivity index (χ4v) is 27.6. The Morgan fingerprint density at radius 3 is 1.14 bits per heavy atom. The van der Waals surface area contributed by atoms with Crippen LogP contribution in [0.1, 0.15) is 69.5 Å². The summed E-state index contributed by atoms with van der Waals surface area (Å²) in [6.07, 6.45) is 0. The highest BCUT2D eigenvalue weighted by Gasteiger charge is 2.54. The predicted molar refractivity (Wildman–Crippen MR) is 612 cm³/mol. The molecule has 5 aliphatic rings. The second-order valence-corrected chi connectivity index (χ2v) is 41.4. The highest BCUT2D eigenvalue weighted by molar-refractivity contribution is 7.26. The molecule has 6 aromatic heterocycles. The first kappa shape index (κ1) is 83.1. The van der Waals surface area contributed by atoms with Crippen LogP contribution in [0.4, 0.5) is 17.2 Å². The van der Waals surface area contributed by atoms with Crippen LogP contribution in [0.2, 0.25) is 0 Å². The van der Waals surface area contributed by atoms with Crippen molar-refractivity contribution in [1.29, 1.82) is 0 Å². The van der Waals surface area contributed by atoms with Gasteiger partial charge in [-0.05, 0) is 245 Å². The summed E-state index contributed by atoms with van der Waals surface area (Å²) in [5.74, 6) is 0.892. The van der Waals surface area contributed by atoms with Crippen LogP contribution in [0.5, 0.6) is 0 Å². The molecular formula is C140H86N4O2S. The molecule has 0 atom stereocenters. The number of rotatable bonds is 6. The second kappa shape index (κ2) is 31.7. The normalized spacial score (nSPS) is 13.7. The highest BCUT2D eigenvalue weighted by Crippen LogP contribution is 2.67. The van der Waals surface area contributed by atoms with Crippen LogP contribution in [0.25, 0.3) is 229 Å². The van der Waals surface area contributed by atoms with E-state index in [0.29, 0.717) is 0 Å². The Morgan fingerprint density at radius 1 is 0.218 bits per heavy atom. The monoisotopic (exact) mass is 1890 g/mol. The van der Waals surface area contributed by atoms with E-state index >= 15 is 0 Å². The first-order chi connectivity index (χ1) is 72.7. The van der Waals surface area contributed by atoms with Crippen LogP contribution in [0.15, 0.2) is 494 Å². The van der Waals surface area contributed by atoms with E-state index < -0.39 is 5.41 Å². The molecule has 33 rings (SSSR count). The maximum absolute atomic E-state index is 6.57. The third kappa shape index (κ3) is 11.9. The fourth-order valence-electron chi connectivity index (χ4n) is 26.4. The van der Waals surface area contributed by atoms with Crippen LogP contribution in [0, 0.1) is 0 Å². The molecule has 4 aliphatic carbocycles. The maximum Gasteiger partial charge on any atom is 0.138 e. The fraction of sp³-hybridized carbons (Fsp3) is 0.0357. The molecule has 7 heterocycles. The van der Waals surface area contributed by atoms with Gasteiger partial charge in [-0.3, -0.25) is 4.90 Å². The van der Waals surface area contributed by atoms with Gasteiger partial charge in [-0.25, -0.2) is 15.0 Å². The van der Waals surface area contributed by atoms with E-state index in [-0.39, 0.29) is 10.8 Å². The van der Waals surface area contributed by atoms with Gasteiger partial charge in [0.1, 0.15) is 28.1 Å². The molecule has 684 valence electrons. The van der Waals surface area contributed by atoms with Crippen LogP contribution in [-0.4, -0.2) is 15.0 Å². The number of anilines is 3. The molecule has 7 heteroatoms. The minimum atomic E-state index is -0.416. The molecule has 0 unspecified atom stereocenters. The zero-order valence-corrected chi connectivity index (χ0v) is 81.0. The molecule has 6 nitrogen and oxygen atoms in total. The Kier molecular flexibility index (Phi) is 17.9. The first-order valence-electron chi connectivity index (χ1n) is 50.7. The van der Waals surface area contributed by atoms with Crippen molar-refractivity contribution in [2.24, 2.45) is 0 Å². The SMILES string of the molecule is CC1(C)c2ccccc2N(c2cc3c(ccc4oc5ccc6ccccc6c5c43)c(-c3ccccc3)n2)c2ccccc21.c1ccc(-c2cc(-c3ccc4c(c3)-c3ccccc3C43c4ccccc4-c4ccccc43)nc3c2ccc2sc4ccc5ccccc5c4c23)cc1.c1ccc(-c2cc(-c3cccc4c3-c3ccccc3C43c4ccccc4-c4ccccc43)nc3c2ccc2oc4ccc5ccccc5c4c23)cc1. The number of thiophene rings is 1. The van der Waals surface area contributed by atoms with Gasteiger partial charge < -0.3 is 8.83 Å². The maximum atomic E-state index is 6.57. The largest absolute Gasteiger partial charge is 0.456 e. The molecule has 0 radical (unpaired) electrons. The minimum Gasteiger partial charge on any atom is -0.456 e. The molecule has 2 spiro atoms. The summed E-state index contributed by atoms with van der Waals surface area (Å²) < 4.78 is 15.6. The summed E-state index contributed by atoms with van der Waals surface area (Å²) in [4.78, 5) is 19.1. The number of nitrogens with zero attached hydrogens (tertiary/aromatic N) is 4. The lowest BCUT2D eigenvalue weighted by Gasteiger charge is -2.41. The molecule has 0 saturated heterocycles. The number of hydrogen-bond acceptors (Lipinski definition) is 7. The predicted octanol–water partition coefficient (Wildman–Crippen LogP) is 37.5. The summed E-state index contributed by atoms with van der Waals surface area (Å²) in [5, 5.41) is 18.8. The molecule has 0 N–H and O–H groups in total. The summed E-state index contributed by atoms with van der Waals surface area (Å²) in [5.41, 5.74) is 41.6. The minimum absolute atomic E-state index is 0.143. The molecule has 1 aliphatic heterocycles. The zero-order chi connectivity index (χ0) is 96.6. The third-order valence-electron chi connectivity index (χ3n) is 32.6. The number of pyridine rings is 3. The van der Waals surface area contributed by atoms with E-state index in [1.165, 1.54) is 169 Å². The second-order valence-electron chi connectivity index (χ2n) is 40.3. The lowest BCUT2D eigenvalue weighted by atomic mass is 9.70. The zero-order valence-electron chi connectivity index (χ0n) is 80.2. The van der Waals surface area contributed by atoms with Crippen LogP contribution in [0.3, 0.4) is 0 Å². The number of para-hydroxylation sites is 2. The van der Waals surface area contributed by atoms with E-state index in [1.54, 1.807) is 0 Å². The van der Waals surface area contributed by atoms with E-state index in [9.17, 15) is 0 Å². The van der Waals surface area contributed by atoms with Crippen molar-refractivity contribution in [3.63, 3.8) is 0 Å². The number of hydrogen-bond donors (Lipinski definition) is 0. The van der Waals surface area contributed by atoms with Gasteiger partial charge in [0.2, 0.25) is 0 Å². The highest BCUT2D eigenvalue weighted by atomic mass is 32.1. The van der Waals surface area contributed by atoms with Crippen molar-refractivity contribution in [2.75, 3.05) is 4.90 Å². The van der Waals surface area contributed by atoms with Gasteiger partial charge in [0.25, 0.3) is 0 Å². The van der Waals surface area contributed by atoms with Crippen molar-refractivity contribution in [2.45, 2.75) is 30.1 Å².